The van der Waals surface area contributed by atoms with Crippen LogP contribution < -0.4 is 0 Å². The number of rotatable bonds is 18. The number of allylic oxidation sites excluding steroid dienone is 3. The predicted octanol–water partition coefficient (Wildman–Crippen LogP) is 4.02. The first-order chi connectivity index (χ1) is 28.9. The molecule has 0 amide bonds. The summed E-state index contributed by atoms with van der Waals surface area (Å²) in [6, 6.07) is -0.677. The highest BCUT2D eigenvalue weighted by atomic mass is 16.7. The Hall–Kier alpha value is -1.86. The molecule has 3 aliphatic heterocycles. The van der Waals surface area contributed by atoms with Gasteiger partial charge in [-0.1, -0.05) is 64.2 Å². The van der Waals surface area contributed by atoms with Crippen LogP contribution in [0.25, 0.3) is 0 Å². The van der Waals surface area contributed by atoms with Crippen LogP contribution in [0.5, 0.6) is 0 Å². The average Bonchev–Trinajstić information content (AvgIpc) is 3.21. The van der Waals surface area contributed by atoms with E-state index in [0.29, 0.717) is 25.8 Å². The van der Waals surface area contributed by atoms with Gasteiger partial charge in [-0.25, -0.2) is 0 Å². The van der Waals surface area contributed by atoms with Crippen LogP contribution in [0.2, 0.25) is 0 Å². The SMILES string of the molecule is CCCCCCCN(C)CC[C@H]1C[C@@H](C)C(=O)/C=C/C(C)=C/[C@H](CO[C@@H]2OC(C)[C@H](O)[C@H](OC)C2OC)[C@@H](CC)OC(=O)C[C@@H](O)C[C@H]1OC1OC(C)[C@H](O)[C@H](N(C)C)[C@@H]1O. The zero-order valence-corrected chi connectivity index (χ0v) is 39.0. The van der Waals surface area contributed by atoms with Crippen LogP contribution >= 0.6 is 0 Å². The van der Waals surface area contributed by atoms with Gasteiger partial charge in [0.2, 0.25) is 0 Å². The fourth-order valence-corrected chi connectivity index (χ4v) is 8.89. The molecule has 4 unspecified atom stereocenters. The maximum absolute atomic E-state index is 13.9. The lowest BCUT2D eigenvalue weighted by atomic mass is 9.83. The van der Waals surface area contributed by atoms with Crippen molar-refractivity contribution in [2.24, 2.45) is 17.8 Å². The van der Waals surface area contributed by atoms with E-state index in [9.17, 15) is 30.0 Å². The van der Waals surface area contributed by atoms with E-state index >= 15 is 0 Å². The maximum atomic E-state index is 13.9. The number of esters is 1. The van der Waals surface area contributed by atoms with Gasteiger partial charge in [0.15, 0.2) is 18.4 Å². The van der Waals surface area contributed by atoms with Gasteiger partial charge < -0.3 is 63.4 Å². The summed E-state index contributed by atoms with van der Waals surface area (Å²) >= 11 is 0. The first-order valence-electron chi connectivity index (χ1n) is 22.8. The smallest absolute Gasteiger partial charge is 0.308 e. The molecule has 0 aliphatic carbocycles. The van der Waals surface area contributed by atoms with Gasteiger partial charge in [-0.3, -0.25) is 9.59 Å². The van der Waals surface area contributed by atoms with E-state index in [2.05, 4.69) is 18.9 Å². The van der Waals surface area contributed by atoms with E-state index in [1.165, 1.54) is 33.5 Å². The Morgan fingerprint density at radius 1 is 0.803 bits per heavy atom. The van der Waals surface area contributed by atoms with Gasteiger partial charge >= 0.3 is 5.97 Å². The molecule has 0 aromatic carbocycles. The Kier molecular flexibility index (Phi) is 23.5. The van der Waals surface area contributed by atoms with Crippen molar-refractivity contribution in [3.63, 3.8) is 0 Å². The summed E-state index contributed by atoms with van der Waals surface area (Å²) < 4.78 is 42.3. The summed E-state index contributed by atoms with van der Waals surface area (Å²) in [5.41, 5.74) is 0.760. The number of carbonyl (C=O) groups excluding carboxylic acids is 2. The van der Waals surface area contributed by atoms with Gasteiger partial charge in [0.05, 0.1) is 49.6 Å². The highest BCUT2D eigenvalue weighted by molar-refractivity contribution is 5.91. The molecule has 0 aromatic rings. The number of hydrogen-bond acceptors (Lipinski definition) is 15. The number of ketones is 1. The third kappa shape index (κ3) is 16.3. The molecule has 2 fully saturated rings. The average molecular weight is 871 g/mol. The van der Waals surface area contributed by atoms with Crippen molar-refractivity contribution in [1.82, 2.24) is 9.80 Å². The molecule has 3 aliphatic rings. The Labute approximate surface area is 366 Å². The molecule has 61 heavy (non-hydrogen) atoms. The lowest BCUT2D eigenvalue weighted by Crippen LogP contribution is -2.62. The van der Waals surface area contributed by atoms with Crippen molar-refractivity contribution in [2.75, 3.05) is 55.1 Å². The molecule has 0 aromatic heterocycles. The van der Waals surface area contributed by atoms with Crippen LogP contribution in [0.4, 0.5) is 0 Å². The van der Waals surface area contributed by atoms with Gasteiger partial charge in [0, 0.05) is 32.5 Å². The highest BCUT2D eigenvalue weighted by Gasteiger charge is 2.47. The number of aliphatic hydroxyl groups is 4. The fourth-order valence-electron chi connectivity index (χ4n) is 8.89. The summed E-state index contributed by atoms with van der Waals surface area (Å²) in [5, 5.41) is 44.8. The van der Waals surface area contributed by atoms with E-state index in [1.807, 2.05) is 26.8 Å². The summed E-state index contributed by atoms with van der Waals surface area (Å²) in [4.78, 5) is 31.6. The number of carbonyl (C=O) groups is 2. The molecular formula is C46H82N2O13. The van der Waals surface area contributed by atoms with E-state index in [-0.39, 0.29) is 31.1 Å². The Morgan fingerprint density at radius 3 is 2.10 bits per heavy atom. The molecule has 0 spiro atoms. The van der Waals surface area contributed by atoms with E-state index < -0.39 is 97.5 Å². The molecule has 4 N–H and O–H groups in total. The number of cyclic esters (lactones) is 1. The van der Waals surface area contributed by atoms with Crippen molar-refractivity contribution in [1.29, 1.82) is 0 Å². The largest absolute Gasteiger partial charge is 0.462 e. The van der Waals surface area contributed by atoms with Crippen molar-refractivity contribution in [3.05, 3.63) is 23.8 Å². The molecule has 15 heteroatoms. The highest BCUT2D eigenvalue weighted by Crippen LogP contribution is 2.33. The Balaban J connectivity index is 1.95. The third-order valence-electron chi connectivity index (χ3n) is 12.7. The molecule has 15 nitrogen and oxygen atoms in total. The molecule has 16 atom stereocenters. The molecule has 0 saturated carbocycles. The van der Waals surface area contributed by atoms with Gasteiger partial charge in [-0.2, -0.15) is 0 Å². The number of methoxy groups -OCH3 is 2. The number of nitrogens with zero attached hydrogens (tertiary/aromatic N) is 2. The van der Waals surface area contributed by atoms with Crippen LogP contribution in [0.3, 0.4) is 0 Å². The predicted molar refractivity (Wildman–Crippen MR) is 232 cm³/mol. The second-order valence-electron chi connectivity index (χ2n) is 18.0. The van der Waals surface area contributed by atoms with Gasteiger partial charge in [0.1, 0.15) is 30.5 Å². The lowest BCUT2D eigenvalue weighted by molar-refractivity contribution is -0.304. The third-order valence-corrected chi connectivity index (χ3v) is 12.7. The minimum Gasteiger partial charge on any atom is -0.462 e. The zero-order chi connectivity index (χ0) is 45.4. The minimum atomic E-state index is -1.22. The summed E-state index contributed by atoms with van der Waals surface area (Å²) in [6.45, 7) is 13.0. The van der Waals surface area contributed by atoms with Crippen LogP contribution in [-0.4, -0.2) is 177 Å². The Morgan fingerprint density at radius 2 is 1.46 bits per heavy atom. The normalized spacial score (nSPS) is 38.9. The molecule has 354 valence electrons. The Bertz CT molecular complexity index is 1350. The molecule has 3 heterocycles. The van der Waals surface area contributed by atoms with Crippen molar-refractivity contribution >= 4 is 11.8 Å². The molecule has 2 saturated heterocycles. The minimum absolute atomic E-state index is 0.0118. The van der Waals surface area contributed by atoms with Crippen LogP contribution in [0.1, 0.15) is 106 Å². The molecule has 0 radical (unpaired) electrons. The topological polar surface area (TPSA) is 186 Å². The van der Waals surface area contributed by atoms with Crippen molar-refractivity contribution in [3.8, 4) is 0 Å². The number of likely N-dealkylation sites (N-methyl/N-ethyl adjacent to an activating group) is 1. The van der Waals surface area contributed by atoms with E-state index in [1.54, 1.807) is 45.0 Å². The second kappa shape index (κ2) is 26.8. The first kappa shape index (κ1) is 53.5. The van der Waals surface area contributed by atoms with Crippen LogP contribution in [0.15, 0.2) is 23.8 Å². The summed E-state index contributed by atoms with van der Waals surface area (Å²) in [7, 11) is 8.61. The second-order valence-corrected chi connectivity index (χ2v) is 18.0. The monoisotopic (exact) mass is 871 g/mol. The van der Waals surface area contributed by atoms with Crippen LogP contribution in [0, 0.1) is 17.8 Å². The number of aliphatic hydroxyl groups excluding tert-OH is 4. The quantitative estimate of drug-likeness (QED) is 0.114. The maximum Gasteiger partial charge on any atom is 0.308 e. The fraction of sp³-hybridized carbons (Fsp3) is 0.870. The lowest BCUT2D eigenvalue weighted by Gasteiger charge is -2.46. The van der Waals surface area contributed by atoms with E-state index in [0.717, 1.165) is 25.0 Å². The van der Waals surface area contributed by atoms with E-state index in [4.69, 9.17) is 33.2 Å². The molecule has 3 rings (SSSR count). The van der Waals surface area contributed by atoms with Crippen molar-refractivity contribution < 1.29 is 63.2 Å². The molecule has 0 bridgehead atoms. The van der Waals surface area contributed by atoms with Gasteiger partial charge in [-0.15, -0.1) is 0 Å². The summed E-state index contributed by atoms with van der Waals surface area (Å²) in [6.07, 6.45) is 1.81. The summed E-state index contributed by atoms with van der Waals surface area (Å²) in [5.74, 6) is -1.86. The van der Waals surface area contributed by atoms with Crippen molar-refractivity contribution in [2.45, 2.75) is 185 Å². The molecular weight excluding hydrogens is 789 g/mol. The number of hydrogen-bond donors (Lipinski definition) is 4. The van der Waals surface area contributed by atoms with Crippen LogP contribution in [-0.2, 0) is 42.7 Å². The first-order valence-corrected chi connectivity index (χ1v) is 22.8. The van der Waals surface area contributed by atoms with Gasteiger partial charge in [0.25, 0.3) is 0 Å². The number of unbranched alkanes of at least 4 members (excludes halogenated alkanes) is 4. The van der Waals surface area contributed by atoms with Gasteiger partial charge in [-0.05, 0) is 92.7 Å². The standard InChI is InChI=1S/C46H82N2O13/c1-12-14-15-16-17-21-48(9)22-20-32-24-29(4)35(50)19-18-28(3)23-33(27-57-46-44(56-11)43(55-10)41(53)31(6)59-46)36(13-2)60-38(51)26-34(49)25-37(32)61-45-42(54)39(47(7)8)40(52)30(5)58-45/h18-19,23,29-34,36-37,39-46,49,52-54H,12-17,20-22,24-27H2,1-11H3/b19-18+,28-23+/t29-,30?,31?,32+,33-,34+,36-,37-,39+,40+,41+,42+,43+,44?,45?,46-/m1/s1. The zero-order valence-electron chi connectivity index (χ0n) is 39.0. The number of ether oxygens (including phenoxy) is 7.